The molecule has 0 amide bonds. The third-order valence-electron chi connectivity index (χ3n) is 3.22. The molecule has 0 N–H and O–H groups in total. The molecule has 1 heteroatoms. The van der Waals surface area contributed by atoms with Crippen molar-refractivity contribution in [1.82, 2.24) is 0 Å². The number of hydrogen-bond donors (Lipinski definition) is 0. The maximum atomic E-state index is 3.77. The van der Waals surface area contributed by atoms with Gasteiger partial charge < -0.3 is 0 Å². The van der Waals surface area contributed by atoms with Gasteiger partial charge in [-0.05, 0) is 26.3 Å². The maximum absolute atomic E-state index is 3.77. The van der Waals surface area contributed by atoms with E-state index >= 15 is 0 Å². The van der Waals surface area contributed by atoms with Crippen LogP contribution in [0.3, 0.4) is 0 Å². The van der Waals surface area contributed by atoms with Crippen LogP contribution in [-0.2, 0) is 0 Å². The smallest absolute Gasteiger partial charge is 0.0985 e. The van der Waals surface area contributed by atoms with Gasteiger partial charge in [0.1, 0.15) is 0 Å². The SMILES string of the molecule is C=Cc1ccc([B]c2c(C)cc(C)cc2C)cc1. The molecule has 1 radical (unpaired) electrons. The molecule has 0 heterocycles. The predicted molar refractivity (Wildman–Crippen MR) is 82.2 cm³/mol. The minimum atomic E-state index is 1.16. The van der Waals surface area contributed by atoms with E-state index in [4.69, 9.17) is 0 Å². The lowest BCUT2D eigenvalue weighted by Crippen LogP contribution is -2.31. The molecule has 89 valence electrons. The third-order valence-corrected chi connectivity index (χ3v) is 3.22. The molecule has 0 aliphatic heterocycles. The summed E-state index contributed by atoms with van der Waals surface area (Å²) in [5.74, 6) is 0. The van der Waals surface area contributed by atoms with Crippen molar-refractivity contribution in [3.8, 4) is 0 Å². The summed E-state index contributed by atoms with van der Waals surface area (Å²) in [5, 5.41) is 0. The van der Waals surface area contributed by atoms with Crippen LogP contribution in [0.5, 0.6) is 0 Å². The quantitative estimate of drug-likeness (QED) is 0.715. The Balaban J connectivity index is 2.30. The van der Waals surface area contributed by atoms with Crippen LogP contribution in [-0.4, -0.2) is 7.28 Å². The van der Waals surface area contributed by atoms with Gasteiger partial charge in [-0.1, -0.05) is 76.7 Å². The summed E-state index contributed by atoms with van der Waals surface area (Å²) in [4.78, 5) is 0. The molecule has 0 spiro atoms. The number of aryl methyl sites for hydroxylation is 3. The van der Waals surface area contributed by atoms with E-state index in [0.29, 0.717) is 0 Å². The van der Waals surface area contributed by atoms with Gasteiger partial charge in [0.2, 0.25) is 0 Å². The van der Waals surface area contributed by atoms with E-state index < -0.39 is 0 Å². The Morgan fingerprint density at radius 1 is 0.944 bits per heavy atom. The summed E-state index contributed by atoms with van der Waals surface area (Å²) in [6.45, 7) is 10.3. The number of hydrogen-bond acceptors (Lipinski definition) is 0. The normalized spacial score (nSPS) is 10.2. The lowest BCUT2D eigenvalue weighted by Gasteiger charge is -2.11. The zero-order valence-electron chi connectivity index (χ0n) is 11.3. The molecule has 0 aliphatic rings. The minimum Gasteiger partial charge on any atom is -0.0985 e. The number of rotatable bonds is 3. The van der Waals surface area contributed by atoms with Crippen molar-refractivity contribution in [2.45, 2.75) is 20.8 Å². The maximum Gasteiger partial charge on any atom is 0.192 e. The fraction of sp³-hybridized carbons (Fsp3) is 0.176. The third kappa shape index (κ3) is 2.73. The first-order chi connectivity index (χ1) is 8.60. The van der Waals surface area contributed by atoms with E-state index in [-0.39, 0.29) is 0 Å². The first-order valence-electron chi connectivity index (χ1n) is 6.25. The molecule has 0 unspecified atom stereocenters. The molecule has 0 nitrogen and oxygen atoms in total. The summed E-state index contributed by atoms with van der Waals surface area (Å²) in [7, 11) is 2.25. The Bertz CT molecular complexity index is 542. The molecule has 0 fully saturated rings. The van der Waals surface area contributed by atoms with Crippen molar-refractivity contribution in [3.63, 3.8) is 0 Å². The monoisotopic (exact) mass is 233 g/mol. The standard InChI is InChI=1S/C17H18B/c1-5-15-6-8-16(9-7-15)18-17-13(3)10-12(2)11-14(17)4/h5-11H,1H2,2-4H3. The van der Waals surface area contributed by atoms with Crippen molar-refractivity contribution in [3.05, 3.63) is 65.2 Å². The molecular formula is C17H18B. The lowest BCUT2D eigenvalue weighted by molar-refractivity contribution is 1.35. The average molecular weight is 233 g/mol. The van der Waals surface area contributed by atoms with E-state index in [2.05, 4.69) is 71.0 Å². The molecule has 0 aromatic heterocycles. The second-order valence-corrected chi connectivity index (χ2v) is 4.83. The van der Waals surface area contributed by atoms with Crippen molar-refractivity contribution in [1.29, 1.82) is 0 Å². The van der Waals surface area contributed by atoms with E-state index in [1.165, 1.54) is 27.6 Å². The van der Waals surface area contributed by atoms with E-state index in [1.54, 1.807) is 0 Å². The largest absolute Gasteiger partial charge is 0.192 e. The van der Waals surface area contributed by atoms with E-state index in [1.807, 2.05) is 6.08 Å². The highest BCUT2D eigenvalue weighted by Crippen LogP contribution is 2.05. The first-order valence-corrected chi connectivity index (χ1v) is 6.25. The van der Waals surface area contributed by atoms with E-state index in [9.17, 15) is 0 Å². The van der Waals surface area contributed by atoms with Gasteiger partial charge in [-0.15, -0.1) is 0 Å². The van der Waals surface area contributed by atoms with Crippen LogP contribution in [0.25, 0.3) is 6.08 Å². The Morgan fingerprint density at radius 3 is 2.00 bits per heavy atom. The Morgan fingerprint density at radius 2 is 1.50 bits per heavy atom. The zero-order valence-corrected chi connectivity index (χ0v) is 11.3. The molecule has 18 heavy (non-hydrogen) atoms. The average Bonchev–Trinajstić information content (AvgIpc) is 2.34. The lowest BCUT2D eigenvalue weighted by atomic mass is 9.61. The molecule has 0 saturated heterocycles. The van der Waals surface area contributed by atoms with Gasteiger partial charge in [-0.25, -0.2) is 0 Å². The molecule has 0 aliphatic carbocycles. The van der Waals surface area contributed by atoms with Crippen LogP contribution in [0.4, 0.5) is 0 Å². The van der Waals surface area contributed by atoms with Crippen LogP contribution in [0, 0.1) is 20.8 Å². The first kappa shape index (κ1) is 12.7. The summed E-state index contributed by atoms with van der Waals surface area (Å²) in [5.41, 5.74) is 7.71. The Hall–Kier alpha value is -1.76. The van der Waals surface area contributed by atoms with Gasteiger partial charge in [0.25, 0.3) is 0 Å². The molecule has 0 bridgehead atoms. The molecule has 2 aromatic carbocycles. The van der Waals surface area contributed by atoms with Crippen molar-refractivity contribution >= 4 is 24.3 Å². The summed E-state index contributed by atoms with van der Waals surface area (Å²) >= 11 is 0. The molecule has 0 atom stereocenters. The highest BCUT2D eigenvalue weighted by Gasteiger charge is 2.06. The summed E-state index contributed by atoms with van der Waals surface area (Å²) in [6.07, 6.45) is 1.87. The second kappa shape index (κ2) is 5.26. The fourth-order valence-corrected chi connectivity index (χ4v) is 2.31. The molecular weight excluding hydrogens is 215 g/mol. The van der Waals surface area contributed by atoms with Crippen LogP contribution in [0.2, 0.25) is 0 Å². The fourth-order valence-electron chi connectivity index (χ4n) is 2.31. The Labute approximate surface area is 111 Å². The summed E-state index contributed by atoms with van der Waals surface area (Å²) < 4.78 is 0. The van der Waals surface area contributed by atoms with Gasteiger partial charge in [0, 0.05) is 0 Å². The van der Waals surface area contributed by atoms with Gasteiger partial charge in [0.15, 0.2) is 7.28 Å². The van der Waals surface area contributed by atoms with Gasteiger partial charge >= 0.3 is 0 Å². The van der Waals surface area contributed by atoms with Crippen LogP contribution >= 0.6 is 0 Å². The van der Waals surface area contributed by atoms with Crippen LogP contribution in [0.15, 0.2) is 43.0 Å². The topological polar surface area (TPSA) is 0 Å². The highest BCUT2D eigenvalue weighted by atomic mass is 14.0. The zero-order chi connectivity index (χ0) is 13.1. The van der Waals surface area contributed by atoms with Gasteiger partial charge in [0.05, 0.1) is 0 Å². The van der Waals surface area contributed by atoms with E-state index in [0.717, 1.165) is 5.56 Å². The molecule has 2 rings (SSSR count). The molecule has 2 aromatic rings. The summed E-state index contributed by atoms with van der Waals surface area (Å²) in [6, 6.07) is 12.9. The van der Waals surface area contributed by atoms with Crippen LogP contribution in [0.1, 0.15) is 22.3 Å². The second-order valence-electron chi connectivity index (χ2n) is 4.83. The highest BCUT2D eigenvalue weighted by molar-refractivity contribution is 6.68. The van der Waals surface area contributed by atoms with Crippen molar-refractivity contribution in [2.75, 3.05) is 0 Å². The van der Waals surface area contributed by atoms with Crippen molar-refractivity contribution < 1.29 is 0 Å². The molecule has 0 saturated carbocycles. The predicted octanol–water partition coefficient (Wildman–Crippen LogP) is 2.91. The van der Waals surface area contributed by atoms with Crippen molar-refractivity contribution in [2.24, 2.45) is 0 Å². The Kier molecular flexibility index (Phi) is 3.71. The minimum absolute atomic E-state index is 1.16. The van der Waals surface area contributed by atoms with Gasteiger partial charge in [-0.3, -0.25) is 0 Å². The number of benzene rings is 2. The van der Waals surface area contributed by atoms with Crippen LogP contribution < -0.4 is 10.9 Å². The van der Waals surface area contributed by atoms with Gasteiger partial charge in [-0.2, -0.15) is 0 Å².